The average molecular weight is 189 g/mol. The molecule has 3 N–H and O–H groups in total. The largest absolute Gasteiger partial charge is 0.297 e. The maximum Gasteiger partial charge on any atom is 0.235 e. The van der Waals surface area contributed by atoms with Gasteiger partial charge in [0.25, 0.3) is 0 Å². The van der Waals surface area contributed by atoms with Crippen LogP contribution >= 0.6 is 0 Å². The molecule has 1 aliphatic heterocycles. The molecule has 0 saturated carbocycles. The van der Waals surface area contributed by atoms with E-state index in [0.717, 1.165) is 6.54 Å². The van der Waals surface area contributed by atoms with Gasteiger partial charge in [0.1, 0.15) is 6.17 Å². The van der Waals surface area contributed by atoms with Crippen molar-refractivity contribution >= 4 is 5.91 Å². The first kappa shape index (κ1) is 10.4. The fraction of sp³-hybridized carbons (Fsp3) is 0.875. The van der Waals surface area contributed by atoms with Crippen molar-refractivity contribution in [3.8, 4) is 0 Å². The van der Waals surface area contributed by atoms with Crippen molar-refractivity contribution in [3.63, 3.8) is 0 Å². The zero-order chi connectivity index (χ0) is 9.84. The summed E-state index contributed by atoms with van der Waals surface area (Å²) >= 11 is 0. The molecule has 1 fully saturated rings. The summed E-state index contributed by atoms with van der Waals surface area (Å²) in [5.74, 6) is 4.75. The first-order chi connectivity index (χ1) is 6.13. The number of rotatable bonds is 3. The predicted molar refractivity (Wildman–Crippen MR) is 47.5 cm³/mol. The minimum absolute atomic E-state index is 0.0734. The third-order valence-corrected chi connectivity index (χ3v) is 2.43. The van der Waals surface area contributed by atoms with E-state index in [1.54, 1.807) is 0 Å². The monoisotopic (exact) mass is 189 g/mol. The van der Waals surface area contributed by atoms with Crippen LogP contribution in [0.25, 0.3) is 0 Å². The summed E-state index contributed by atoms with van der Waals surface area (Å²) < 4.78 is 12.8. The molecule has 0 bridgehead atoms. The zero-order valence-corrected chi connectivity index (χ0v) is 7.79. The average Bonchev–Trinajstić information content (AvgIpc) is 2.51. The third-order valence-electron chi connectivity index (χ3n) is 2.43. The number of hydrogen-bond donors (Lipinski definition) is 2. The van der Waals surface area contributed by atoms with Crippen LogP contribution in [0.2, 0.25) is 0 Å². The van der Waals surface area contributed by atoms with Crippen molar-refractivity contribution in [3.05, 3.63) is 0 Å². The van der Waals surface area contributed by atoms with Crippen molar-refractivity contribution in [1.29, 1.82) is 0 Å². The molecule has 1 saturated heterocycles. The molecule has 4 nitrogen and oxygen atoms in total. The van der Waals surface area contributed by atoms with E-state index in [1.165, 1.54) is 0 Å². The number of halogens is 1. The van der Waals surface area contributed by atoms with Crippen LogP contribution in [0.4, 0.5) is 4.39 Å². The summed E-state index contributed by atoms with van der Waals surface area (Å²) in [6.07, 6.45) is 0.182. The van der Waals surface area contributed by atoms with E-state index in [9.17, 15) is 9.18 Å². The molecule has 5 heteroatoms. The Morgan fingerprint density at radius 3 is 3.00 bits per heavy atom. The molecule has 0 aliphatic carbocycles. The number of alkyl halides is 1. The number of nitrogens with two attached hydrogens (primary N) is 1. The standard InChI is InChI=1S/C8H16FN3O/c1-6(4-8(13)11-10)12-3-2-7(9)5-12/h6-7H,2-5,10H2,1H3,(H,11,13). The highest BCUT2D eigenvalue weighted by Gasteiger charge is 2.26. The number of hydrogen-bond acceptors (Lipinski definition) is 3. The van der Waals surface area contributed by atoms with E-state index in [1.807, 2.05) is 11.8 Å². The summed E-state index contributed by atoms with van der Waals surface area (Å²) in [5, 5.41) is 0. The molecule has 0 aromatic carbocycles. The molecule has 13 heavy (non-hydrogen) atoms. The van der Waals surface area contributed by atoms with E-state index < -0.39 is 6.17 Å². The molecule has 1 amide bonds. The van der Waals surface area contributed by atoms with Crippen LogP contribution < -0.4 is 11.3 Å². The maximum atomic E-state index is 12.8. The Morgan fingerprint density at radius 2 is 2.54 bits per heavy atom. The first-order valence-corrected chi connectivity index (χ1v) is 4.51. The van der Waals surface area contributed by atoms with Crippen LogP contribution in [0.15, 0.2) is 0 Å². The number of carbonyl (C=O) groups excluding carboxylic acids is 1. The lowest BCUT2D eigenvalue weighted by molar-refractivity contribution is -0.122. The van der Waals surface area contributed by atoms with Gasteiger partial charge >= 0.3 is 0 Å². The lowest BCUT2D eigenvalue weighted by atomic mass is 10.2. The Bertz CT molecular complexity index is 188. The molecule has 2 atom stereocenters. The summed E-state index contributed by atoms with van der Waals surface area (Å²) in [6.45, 7) is 3.09. The van der Waals surface area contributed by atoms with Crippen molar-refractivity contribution in [2.24, 2.45) is 5.84 Å². The fourth-order valence-electron chi connectivity index (χ4n) is 1.60. The van der Waals surface area contributed by atoms with Crippen molar-refractivity contribution in [1.82, 2.24) is 10.3 Å². The molecule has 1 heterocycles. The van der Waals surface area contributed by atoms with E-state index in [4.69, 9.17) is 5.84 Å². The number of nitrogens with one attached hydrogen (secondary N) is 1. The minimum Gasteiger partial charge on any atom is -0.297 e. The molecule has 1 aliphatic rings. The molecule has 2 unspecified atom stereocenters. The fourth-order valence-corrected chi connectivity index (χ4v) is 1.60. The van der Waals surface area contributed by atoms with Gasteiger partial charge in [-0.3, -0.25) is 15.1 Å². The summed E-state index contributed by atoms with van der Waals surface area (Å²) in [7, 11) is 0. The lowest BCUT2D eigenvalue weighted by Gasteiger charge is -2.22. The second kappa shape index (κ2) is 4.53. The SMILES string of the molecule is CC(CC(=O)NN)N1CCC(F)C1. The molecule has 0 spiro atoms. The van der Waals surface area contributed by atoms with Crippen molar-refractivity contribution < 1.29 is 9.18 Å². The van der Waals surface area contributed by atoms with Crippen LogP contribution in [-0.4, -0.2) is 36.1 Å². The highest BCUT2D eigenvalue weighted by molar-refractivity contribution is 5.75. The van der Waals surface area contributed by atoms with Gasteiger partial charge < -0.3 is 0 Å². The quantitative estimate of drug-likeness (QED) is 0.367. The molecule has 0 aromatic rings. The second-order valence-electron chi connectivity index (χ2n) is 3.50. The smallest absolute Gasteiger partial charge is 0.235 e. The van der Waals surface area contributed by atoms with Gasteiger partial charge in [0.15, 0.2) is 0 Å². The van der Waals surface area contributed by atoms with E-state index in [2.05, 4.69) is 5.43 Å². The van der Waals surface area contributed by atoms with Crippen LogP contribution in [0.1, 0.15) is 19.8 Å². The highest BCUT2D eigenvalue weighted by atomic mass is 19.1. The third kappa shape index (κ3) is 2.93. The number of likely N-dealkylation sites (tertiary alicyclic amines) is 1. The van der Waals surface area contributed by atoms with Crippen molar-refractivity contribution in [2.45, 2.75) is 32.0 Å². The molecular formula is C8H16FN3O. The van der Waals surface area contributed by atoms with Crippen LogP contribution in [0.3, 0.4) is 0 Å². The van der Waals surface area contributed by atoms with E-state index >= 15 is 0 Å². The Kier molecular flexibility index (Phi) is 3.62. The Labute approximate surface area is 77.2 Å². The first-order valence-electron chi connectivity index (χ1n) is 4.51. The zero-order valence-electron chi connectivity index (χ0n) is 7.79. The molecule has 1 rings (SSSR count). The summed E-state index contributed by atoms with van der Waals surface area (Å²) in [5.41, 5.74) is 2.07. The molecule has 76 valence electrons. The number of nitrogens with zero attached hydrogens (tertiary/aromatic N) is 1. The molecule has 0 aromatic heterocycles. The van der Waals surface area contributed by atoms with Gasteiger partial charge in [0.2, 0.25) is 5.91 Å². The van der Waals surface area contributed by atoms with Gasteiger partial charge in [-0.15, -0.1) is 0 Å². The predicted octanol–water partition coefficient (Wildman–Crippen LogP) is -0.201. The van der Waals surface area contributed by atoms with Gasteiger partial charge in [0, 0.05) is 25.6 Å². The highest BCUT2D eigenvalue weighted by Crippen LogP contribution is 2.16. The minimum atomic E-state index is -0.733. The number of amides is 1. The van der Waals surface area contributed by atoms with Crippen molar-refractivity contribution in [2.75, 3.05) is 13.1 Å². The Hall–Kier alpha value is -0.680. The summed E-state index contributed by atoms with van der Waals surface area (Å²) in [4.78, 5) is 12.9. The summed E-state index contributed by atoms with van der Waals surface area (Å²) in [6, 6.07) is 0.0734. The Morgan fingerprint density at radius 1 is 1.85 bits per heavy atom. The molecular weight excluding hydrogens is 173 g/mol. The number of carbonyl (C=O) groups is 1. The van der Waals surface area contributed by atoms with Gasteiger partial charge in [-0.1, -0.05) is 0 Å². The van der Waals surface area contributed by atoms with E-state index in [0.29, 0.717) is 19.4 Å². The van der Waals surface area contributed by atoms with Crippen LogP contribution in [-0.2, 0) is 4.79 Å². The molecule has 0 radical (unpaired) electrons. The van der Waals surface area contributed by atoms with Gasteiger partial charge in [-0.2, -0.15) is 0 Å². The number of hydrazine groups is 1. The lowest BCUT2D eigenvalue weighted by Crippen LogP contribution is -2.38. The van der Waals surface area contributed by atoms with Gasteiger partial charge in [0.05, 0.1) is 0 Å². The maximum absolute atomic E-state index is 12.8. The van der Waals surface area contributed by atoms with Gasteiger partial charge in [-0.05, 0) is 13.3 Å². The Balaban J connectivity index is 2.31. The van der Waals surface area contributed by atoms with Crippen LogP contribution in [0.5, 0.6) is 0 Å². The van der Waals surface area contributed by atoms with E-state index in [-0.39, 0.29) is 11.9 Å². The topological polar surface area (TPSA) is 58.4 Å². The second-order valence-corrected chi connectivity index (χ2v) is 3.50. The van der Waals surface area contributed by atoms with Gasteiger partial charge in [-0.25, -0.2) is 10.2 Å². The van der Waals surface area contributed by atoms with Crippen LogP contribution in [0, 0.1) is 0 Å². The normalized spacial score (nSPS) is 25.9.